The number of carbonyl (C=O) groups is 1. The number of hydrogen-bond acceptors (Lipinski definition) is 1. The fourth-order valence-corrected chi connectivity index (χ4v) is 1.17. The van der Waals surface area contributed by atoms with Crippen molar-refractivity contribution in [3.8, 4) is 0 Å². The maximum atomic E-state index is 10.5. The fourth-order valence-electron chi connectivity index (χ4n) is 1.17. The lowest BCUT2D eigenvalue weighted by Crippen LogP contribution is -2.09. The summed E-state index contributed by atoms with van der Waals surface area (Å²) in [6, 6.07) is 0. The molecule has 1 nitrogen and oxygen atoms in total. The molecule has 0 N–H and O–H groups in total. The molecule has 11 heavy (non-hydrogen) atoms. The Balaban J connectivity index is 4.16. The molecular weight excluding hydrogens is 136 g/mol. The molecule has 0 amide bonds. The van der Waals surface area contributed by atoms with Crippen molar-refractivity contribution in [1.82, 2.24) is 0 Å². The van der Waals surface area contributed by atoms with Gasteiger partial charge in [0.25, 0.3) is 0 Å². The van der Waals surface area contributed by atoms with Crippen LogP contribution >= 0.6 is 0 Å². The van der Waals surface area contributed by atoms with Crippen LogP contribution in [0.3, 0.4) is 0 Å². The Morgan fingerprint density at radius 2 is 2.00 bits per heavy atom. The maximum Gasteiger partial charge on any atom is 0.123 e. The zero-order valence-electron chi connectivity index (χ0n) is 7.92. The third-order valence-corrected chi connectivity index (χ3v) is 1.91. The van der Waals surface area contributed by atoms with E-state index in [9.17, 15) is 4.79 Å². The third-order valence-electron chi connectivity index (χ3n) is 1.91. The van der Waals surface area contributed by atoms with Gasteiger partial charge in [-0.25, -0.2) is 0 Å². The minimum Gasteiger partial charge on any atom is -0.303 e. The average molecular weight is 154 g/mol. The highest BCUT2D eigenvalue weighted by atomic mass is 16.1. The first kappa shape index (κ1) is 10.4. The lowest BCUT2D eigenvalue weighted by molar-refractivity contribution is -0.111. The Labute approximate surface area is 69.5 Å². The van der Waals surface area contributed by atoms with Gasteiger partial charge in [0.1, 0.15) is 6.29 Å². The molecule has 0 radical (unpaired) electrons. The van der Waals surface area contributed by atoms with Gasteiger partial charge in [-0.15, -0.1) is 0 Å². The van der Waals surface area contributed by atoms with Gasteiger partial charge in [0.2, 0.25) is 0 Å². The Kier molecular flexibility index (Phi) is 4.84. The first-order valence-corrected chi connectivity index (χ1v) is 4.22. The van der Waals surface area contributed by atoms with Crippen LogP contribution in [0.1, 0.15) is 34.1 Å². The first-order valence-electron chi connectivity index (χ1n) is 4.22. The summed E-state index contributed by atoms with van der Waals surface area (Å²) in [4.78, 5) is 10.5. The van der Waals surface area contributed by atoms with Gasteiger partial charge in [0.05, 0.1) is 0 Å². The molecule has 0 rings (SSSR count). The van der Waals surface area contributed by atoms with Gasteiger partial charge in [0, 0.05) is 5.92 Å². The molecule has 0 saturated heterocycles. The molecule has 0 aliphatic rings. The Morgan fingerprint density at radius 3 is 2.27 bits per heavy atom. The molecule has 0 fully saturated rings. The molecule has 64 valence electrons. The van der Waals surface area contributed by atoms with Gasteiger partial charge in [-0.05, 0) is 26.2 Å². The lowest BCUT2D eigenvalue weighted by Gasteiger charge is -2.13. The van der Waals surface area contributed by atoms with Crippen molar-refractivity contribution in [1.29, 1.82) is 0 Å². The Bertz CT molecular complexity index is 143. The molecule has 1 heteroatoms. The molecule has 2 atom stereocenters. The topological polar surface area (TPSA) is 17.1 Å². The van der Waals surface area contributed by atoms with E-state index < -0.39 is 0 Å². The van der Waals surface area contributed by atoms with Gasteiger partial charge in [-0.2, -0.15) is 0 Å². The first-order chi connectivity index (χ1) is 5.11. The van der Waals surface area contributed by atoms with E-state index in [1.54, 1.807) is 0 Å². The smallest absolute Gasteiger partial charge is 0.123 e. The summed E-state index contributed by atoms with van der Waals surface area (Å²) >= 11 is 0. The van der Waals surface area contributed by atoms with E-state index in [2.05, 4.69) is 26.8 Å². The zero-order valence-corrected chi connectivity index (χ0v) is 7.92. The second kappa shape index (κ2) is 5.11. The largest absolute Gasteiger partial charge is 0.303 e. The number of allylic oxidation sites excluding steroid dienone is 2. The van der Waals surface area contributed by atoms with Gasteiger partial charge < -0.3 is 4.79 Å². The molecule has 0 saturated carbocycles. The fraction of sp³-hybridized carbons (Fsp3) is 0.700. The van der Waals surface area contributed by atoms with E-state index >= 15 is 0 Å². The van der Waals surface area contributed by atoms with Gasteiger partial charge in [-0.3, -0.25) is 0 Å². The summed E-state index contributed by atoms with van der Waals surface area (Å²) in [7, 11) is 0. The highest BCUT2D eigenvalue weighted by Gasteiger charge is 2.10. The van der Waals surface area contributed by atoms with Crippen LogP contribution in [-0.2, 0) is 4.79 Å². The van der Waals surface area contributed by atoms with Crippen molar-refractivity contribution in [2.75, 3.05) is 0 Å². The highest BCUT2D eigenvalue weighted by molar-refractivity contribution is 5.53. The van der Waals surface area contributed by atoms with Crippen molar-refractivity contribution < 1.29 is 4.79 Å². The summed E-state index contributed by atoms with van der Waals surface area (Å²) in [5, 5.41) is 0. The standard InChI is InChI=1S/C10H18O/c1-5-10(6-8(2)3)9(4)7-11/h6-7,9-10H,5H2,1-4H3. The summed E-state index contributed by atoms with van der Waals surface area (Å²) in [5.41, 5.74) is 1.30. The van der Waals surface area contributed by atoms with E-state index in [4.69, 9.17) is 0 Å². The minimum atomic E-state index is 0.162. The predicted molar refractivity (Wildman–Crippen MR) is 48.4 cm³/mol. The molecule has 2 unspecified atom stereocenters. The quantitative estimate of drug-likeness (QED) is 0.449. The number of carbonyl (C=O) groups excluding carboxylic acids is 1. The Hall–Kier alpha value is -0.590. The van der Waals surface area contributed by atoms with Gasteiger partial charge >= 0.3 is 0 Å². The normalized spacial score (nSPS) is 15.3. The van der Waals surface area contributed by atoms with Gasteiger partial charge in [0.15, 0.2) is 0 Å². The predicted octanol–water partition coefficient (Wildman–Crippen LogP) is 2.81. The number of hydrogen-bond donors (Lipinski definition) is 0. The van der Waals surface area contributed by atoms with E-state index in [-0.39, 0.29) is 5.92 Å². The second-order valence-corrected chi connectivity index (χ2v) is 3.31. The van der Waals surface area contributed by atoms with Crippen molar-refractivity contribution in [3.63, 3.8) is 0 Å². The molecule has 0 aliphatic heterocycles. The SMILES string of the molecule is CCC(C=C(C)C)C(C)C=O. The molecule has 0 aliphatic carbocycles. The van der Waals surface area contributed by atoms with Crippen LogP contribution in [0.25, 0.3) is 0 Å². The van der Waals surface area contributed by atoms with E-state index in [1.807, 2.05) is 6.92 Å². The van der Waals surface area contributed by atoms with Crippen LogP contribution in [0.15, 0.2) is 11.6 Å². The minimum absolute atomic E-state index is 0.162. The average Bonchev–Trinajstić information content (AvgIpc) is 1.98. The molecule has 0 spiro atoms. The van der Waals surface area contributed by atoms with Crippen LogP contribution in [0.2, 0.25) is 0 Å². The zero-order chi connectivity index (χ0) is 8.85. The van der Waals surface area contributed by atoms with Crippen LogP contribution in [-0.4, -0.2) is 6.29 Å². The summed E-state index contributed by atoms with van der Waals surface area (Å²) < 4.78 is 0. The lowest BCUT2D eigenvalue weighted by atomic mass is 9.91. The van der Waals surface area contributed by atoms with Crippen molar-refractivity contribution >= 4 is 6.29 Å². The van der Waals surface area contributed by atoms with Gasteiger partial charge in [-0.1, -0.05) is 25.5 Å². The Morgan fingerprint density at radius 1 is 1.45 bits per heavy atom. The third kappa shape index (κ3) is 3.97. The molecule has 0 heterocycles. The molecule has 0 bridgehead atoms. The monoisotopic (exact) mass is 154 g/mol. The maximum absolute atomic E-state index is 10.5. The van der Waals surface area contributed by atoms with E-state index in [0.29, 0.717) is 5.92 Å². The molecule has 0 aromatic rings. The van der Waals surface area contributed by atoms with Crippen molar-refractivity contribution in [3.05, 3.63) is 11.6 Å². The summed E-state index contributed by atoms with van der Waals surface area (Å²) in [6.45, 7) is 8.23. The summed E-state index contributed by atoms with van der Waals surface area (Å²) in [6.07, 6.45) is 4.26. The van der Waals surface area contributed by atoms with E-state index in [0.717, 1.165) is 12.7 Å². The van der Waals surface area contributed by atoms with Crippen molar-refractivity contribution in [2.24, 2.45) is 11.8 Å². The highest BCUT2D eigenvalue weighted by Crippen LogP contribution is 2.16. The molecule has 0 aromatic carbocycles. The molecule has 0 aromatic heterocycles. The number of rotatable bonds is 4. The van der Waals surface area contributed by atoms with Crippen LogP contribution in [0, 0.1) is 11.8 Å². The molecular formula is C10H18O. The summed E-state index contributed by atoms with van der Waals surface area (Å²) in [5.74, 6) is 0.590. The van der Waals surface area contributed by atoms with Crippen molar-refractivity contribution in [2.45, 2.75) is 34.1 Å². The van der Waals surface area contributed by atoms with Crippen LogP contribution in [0.5, 0.6) is 0 Å². The van der Waals surface area contributed by atoms with Crippen LogP contribution in [0.4, 0.5) is 0 Å². The number of aldehydes is 1. The van der Waals surface area contributed by atoms with Crippen LogP contribution < -0.4 is 0 Å². The van der Waals surface area contributed by atoms with E-state index in [1.165, 1.54) is 5.57 Å². The second-order valence-electron chi connectivity index (χ2n) is 3.31.